The van der Waals surface area contributed by atoms with Crippen molar-refractivity contribution in [2.45, 2.75) is 25.3 Å². The van der Waals surface area contributed by atoms with Crippen molar-refractivity contribution in [2.75, 3.05) is 18.6 Å². The fourth-order valence-corrected chi connectivity index (χ4v) is 2.49. The lowest BCUT2D eigenvalue weighted by Gasteiger charge is -2.35. The number of anilines is 1. The van der Waals surface area contributed by atoms with Gasteiger partial charge >= 0.3 is 5.97 Å². The number of halogens is 1. The molecule has 1 aromatic rings. The van der Waals surface area contributed by atoms with Crippen molar-refractivity contribution in [3.63, 3.8) is 0 Å². The first-order valence-electron chi connectivity index (χ1n) is 6.33. The maximum Gasteiger partial charge on any atom is 0.328 e. The van der Waals surface area contributed by atoms with Crippen molar-refractivity contribution in [3.05, 3.63) is 34.1 Å². The molecule has 0 radical (unpaired) electrons. The second-order valence-corrected chi connectivity index (χ2v) is 4.62. The number of nitro groups is 1. The third-order valence-corrected chi connectivity index (χ3v) is 3.42. The number of hydrogen-bond donors (Lipinski definition) is 0. The van der Waals surface area contributed by atoms with Gasteiger partial charge in [-0.1, -0.05) is 0 Å². The largest absolute Gasteiger partial charge is 0.467 e. The number of carbonyl (C=O) groups excluding carboxylic acids is 1. The molecule has 1 saturated heterocycles. The monoisotopic (exact) mass is 282 g/mol. The van der Waals surface area contributed by atoms with Crippen LogP contribution in [-0.4, -0.2) is 30.6 Å². The second-order valence-electron chi connectivity index (χ2n) is 4.62. The number of nitro benzene ring substituents is 1. The molecule has 1 aliphatic heterocycles. The molecule has 0 aliphatic carbocycles. The highest BCUT2D eigenvalue weighted by molar-refractivity contribution is 5.82. The number of benzene rings is 1. The third kappa shape index (κ3) is 2.71. The Morgan fingerprint density at radius 3 is 2.90 bits per heavy atom. The molecule has 1 heterocycles. The lowest BCUT2D eigenvalue weighted by molar-refractivity contribution is -0.384. The molecule has 1 aliphatic rings. The maximum atomic E-state index is 13.2. The Hall–Kier alpha value is -2.18. The summed E-state index contributed by atoms with van der Waals surface area (Å²) >= 11 is 0. The fourth-order valence-electron chi connectivity index (χ4n) is 2.49. The van der Waals surface area contributed by atoms with E-state index in [1.165, 1.54) is 13.2 Å². The molecule has 0 saturated carbocycles. The molecule has 1 atom stereocenters. The number of piperidine rings is 1. The molecule has 0 N–H and O–H groups in total. The molecule has 0 aromatic heterocycles. The number of nitrogens with zero attached hydrogens (tertiary/aromatic N) is 2. The van der Waals surface area contributed by atoms with Crippen LogP contribution in [0.5, 0.6) is 0 Å². The normalized spacial score (nSPS) is 18.7. The van der Waals surface area contributed by atoms with Crippen LogP contribution in [0.3, 0.4) is 0 Å². The molecule has 108 valence electrons. The van der Waals surface area contributed by atoms with Crippen molar-refractivity contribution >= 4 is 17.3 Å². The topological polar surface area (TPSA) is 72.7 Å². The summed E-state index contributed by atoms with van der Waals surface area (Å²) < 4.78 is 17.9. The zero-order chi connectivity index (χ0) is 14.7. The average Bonchev–Trinajstić information content (AvgIpc) is 2.46. The molecule has 7 heteroatoms. The first kappa shape index (κ1) is 14.2. The van der Waals surface area contributed by atoms with Gasteiger partial charge < -0.3 is 9.64 Å². The Morgan fingerprint density at radius 2 is 2.25 bits per heavy atom. The highest BCUT2D eigenvalue weighted by Gasteiger charge is 2.33. The maximum absolute atomic E-state index is 13.2. The highest BCUT2D eigenvalue weighted by atomic mass is 19.1. The van der Waals surface area contributed by atoms with E-state index in [-0.39, 0.29) is 11.4 Å². The second kappa shape index (κ2) is 5.85. The van der Waals surface area contributed by atoms with Gasteiger partial charge in [0.15, 0.2) is 0 Å². The van der Waals surface area contributed by atoms with Gasteiger partial charge in [-0.3, -0.25) is 10.1 Å². The standard InChI is InChI=1S/C13H15FN2O4/c1-20-13(17)11-4-2-3-7-15(11)10-6-5-9(14)8-12(10)16(18)19/h5-6,8,11H,2-4,7H2,1H3. The van der Waals surface area contributed by atoms with E-state index in [1.54, 1.807) is 4.90 Å². The number of hydrogen-bond acceptors (Lipinski definition) is 5. The molecule has 0 spiro atoms. The number of methoxy groups -OCH3 is 1. The first-order chi connectivity index (χ1) is 9.54. The predicted octanol–water partition coefficient (Wildman–Crippen LogP) is 2.27. The molecule has 1 unspecified atom stereocenters. The number of ether oxygens (including phenoxy) is 1. The first-order valence-corrected chi connectivity index (χ1v) is 6.33. The average molecular weight is 282 g/mol. The van der Waals surface area contributed by atoms with Crippen molar-refractivity contribution < 1.29 is 18.8 Å². The molecule has 0 amide bonds. The van der Waals surface area contributed by atoms with Gasteiger partial charge in [-0.25, -0.2) is 9.18 Å². The van der Waals surface area contributed by atoms with Crippen molar-refractivity contribution in [1.82, 2.24) is 0 Å². The quantitative estimate of drug-likeness (QED) is 0.483. The van der Waals surface area contributed by atoms with Gasteiger partial charge in [0.25, 0.3) is 5.69 Å². The summed E-state index contributed by atoms with van der Waals surface area (Å²) in [6, 6.07) is 2.82. The molecule has 6 nitrogen and oxygen atoms in total. The molecule has 1 aromatic carbocycles. The van der Waals surface area contributed by atoms with Crippen molar-refractivity contribution in [2.24, 2.45) is 0 Å². The Balaban J connectivity index is 2.42. The summed E-state index contributed by atoms with van der Waals surface area (Å²) in [5.74, 6) is -1.10. The number of esters is 1. The van der Waals surface area contributed by atoms with Gasteiger partial charge in [0.05, 0.1) is 18.1 Å². The Labute approximate surface area is 115 Å². The van der Waals surface area contributed by atoms with Crippen LogP contribution in [0, 0.1) is 15.9 Å². The van der Waals surface area contributed by atoms with Gasteiger partial charge in [0.1, 0.15) is 17.5 Å². The van der Waals surface area contributed by atoms with Gasteiger partial charge in [-0.2, -0.15) is 0 Å². The zero-order valence-corrected chi connectivity index (χ0v) is 11.0. The SMILES string of the molecule is COC(=O)C1CCCCN1c1ccc(F)cc1[N+](=O)[O-]. The molecule has 20 heavy (non-hydrogen) atoms. The fraction of sp³-hybridized carbons (Fsp3) is 0.462. The van der Waals surface area contributed by atoms with E-state index in [1.807, 2.05) is 0 Å². The van der Waals surface area contributed by atoms with Gasteiger partial charge in [-0.05, 0) is 31.4 Å². The van der Waals surface area contributed by atoms with E-state index < -0.39 is 22.8 Å². The van der Waals surface area contributed by atoms with E-state index >= 15 is 0 Å². The minimum absolute atomic E-state index is 0.256. The summed E-state index contributed by atoms with van der Waals surface area (Å²) in [7, 11) is 1.29. The van der Waals surface area contributed by atoms with E-state index in [0.717, 1.165) is 25.0 Å². The molecule has 2 rings (SSSR count). The van der Waals surface area contributed by atoms with E-state index in [0.29, 0.717) is 13.0 Å². The van der Waals surface area contributed by atoms with E-state index in [4.69, 9.17) is 4.74 Å². The summed E-state index contributed by atoms with van der Waals surface area (Å²) in [4.78, 5) is 23.8. The van der Waals surface area contributed by atoms with Crippen LogP contribution in [0.4, 0.5) is 15.8 Å². The van der Waals surface area contributed by atoms with Crippen LogP contribution < -0.4 is 4.90 Å². The summed E-state index contributed by atoms with van der Waals surface area (Å²) in [5.41, 5.74) is -0.0766. The van der Waals surface area contributed by atoms with Crippen LogP contribution >= 0.6 is 0 Å². The lowest BCUT2D eigenvalue weighted by Crippen LogP contribution is -2.45. The van der Waals surface area contributed by atoms with Gasteiger partial charge in [0, 0.05) is 6.54 Å². The van der Waals surface area contributed by atoms with E-state index in [9.17, 15) is 19.3 Å². The van der Waals surface area contributed by atoms with Crippen LogP contribution in [0.1, 0.15) is 19.3 Å². The molecule has 0 bridgehead atoms. The van der Waals surface area contributed by atoms with Crippen molar-refractivity contribution in [3.8, 4) is 0 Å². The smallest absolute Gasteiger partial charge is 0.328 e. The molecule has 1 fully saturated rings. The minimum Gasteiger partial charge on any atom is -0.467 e. The van der Waals surface area contributed by atoms with Crippen molar-refractivity contribution in [1.29, 1.82) is 0 Å². The lowest BCUT2D eigenvalue weighted by atomic mass is 10.0. The van der Waals surface area contributed by atoms with Crippen LogP contribution in [0.15, 0.2) is 18.2 Å². The minimum atomic E-state index is -0.674. The Kier molecular flexibility index (Phi) is 4.16. The highest BCUT2D eigenvalue weighted by Crippen LogP contribution is 2.33. The van der Waals surface area contributed by atoms with Crippen LogP contribution in [0.25, 0.3) is 0 Å². The predicted molar refractivity (Wildman–Crippen MR) is 70.1 cm³/mol. The summed E-state index contributed by atoms with van der Waals surface area (Å²) in [6.45, 7) is 0.506. The van der Waals surface area contributed by atoms with Gasteiger partial charge in [-0.15, -0.1) is 0 Å². The third-order valence-electron chi connectivity index (χ3n) is 3.42. The van der Waals surface area contributed by atoms with Crippen LogP contribution in [-0.2, 0) is 9.53 Å². The number of rotatable bonds is 3. The molecular formula is C13H15FN2O4. The Bertz CT molecular complexity index is 535. The Morgan fingerprint density at radius 1 is 1.50 bits per heavy atom. The van der Waals surface area contributed by atoms with Crippen LogP contribution in [0.2, 0.25) is 0 Å². The van der Waals surface area contributed by atoms with E-state index in [2.05, 4.69) is 0 Å². The summed E-state index contributed by atoms with van der Waals surface area (Å²) in [5, 5.41) is 11.1. The zero-order valence-electron chi connectivity index (χ0n) is 11.0. The summed E-state index contributed by atoms with van der Waals surface area (Å²) in [6.07, 6.45) is 2.24. The molecular weight excluding hydrogens is 267 g/mol. The number of carbonyl (C=O) groups is 1. The van der Waals surface area contributed by atoms with Gasteiger partial charge in [0.2, 0.25) is 0 Å².